The van der Waals surface area contributed by atoms with Crippen LogP contribution in [-0.2, 0) is 0 Å². The van der Waals surface area contributed by atoms with Gasteiger partial charge in [-0.1, -0.05) is 0 Å². The van der Waals surface area contributed by atoms with Crippen molar-refractivity contribution in [3.8, 4) is 21.9 Å². The summed E-state index contributed by atoms with van der Waals surface area (Å²) < 4.78 is 6.60. The first-order chi connectivity index (χ1) is 10.5. The van der Waals surface area contributed by atoms with Crippen molar-refractivity contribution >= 4 is 17.4 Å². The molecule has 0 spiro atoms. The first kappa shape index (κ1) is 14.1. The van der Waals surface area contributed by atoms with Crippen molar-refractivity contribution in [2.45, 2.75) is 6.92 Å². The van der Waals surface area contributed by atoms with Crippen molar-refractivity contribution in [3.05, 3.63) is 52.3 Å². The Morgan fingerprint density at radius 3 is 2.95 bits per heavy atom. The third-order valence-corrected chi connectivity index (χ3v) is 4.02. The molecule has 0 bridgehead atoms. The quantitative estimate of drug-likeness (QED) is 0.771. The summed E-state index contributed by atoms with van der Waals surface area (Å²) in [7, 11) is 0. The van der Waals surface area contributed by atoms with E-state index >= 15 is 0 Å². The molecule has 7 nitrogen and oxygen atoms in total. The molecule has 0 saturated carbocycles. The summed E-state index contributed by atoms with van der Waals surface area (Å²) in [6, 6.07) is 3.48. The summed E-state index contributed by atoms with van der Waals surface area (Å²) in [5.41, 5.74) is 6.88. The Kier molecular flexibility index (Phi) is 3.51. The summed E-state index contributed by atoms with van der Waals surface area (Å²) in [5.74, 6) is -0.120. The van der Waals surface area contributed by atoms with Gasteiger partial charge in [0, 0.05) is 33.9 Å². The Balaban J connectivity index is 2.04. The number of H-pyrrole nitrogens is 1. The van der Waals surface area contributed by atoms with Crippen LogP contribution in [0, 0.1) is 6.92 Å². The van der Waals surface area contributed by atoms with Crippen molar-refractivity contribution in [2.24, 2.45) is 5.73 Å². The number of amides is 1. The fourth-order valence-electron chi connectivity index (χ4n) is 2.06. The average Bonchev–Trinajstić information content (AvgIpc) is 3.11. The average molecular weight is 316 g/mol. The summed E-state index contributed by atoms with van der Waals surface area (Å²) in [4.78, 5) is 30.2. The van der Waals surface area contributed by atoms with Crippen LogP contribution in [0.1, 0.15) is 5.69 Å². The second kappa shape index (κ2) is 5.49. The smallest absolute Gasteiger partial charge is 0.405 e. The number of primary amides is 1. The van der Waals surface area contributed by atoms with Crippen LogP contribution in [-0.4, -0.2) is 20.6 Å². The molecule has 0 aliphatic carbocycles. The molecule has 3 rings (SSSR count). The molecule has 0 radical (unpaired) electrons. The number of ether oxygens (including phenoxy) is 1. The lowest BCUT2D eigenvalue weighted by Crippen LogP contribution is -2.22. The summed E-state index contributed by atoms with van der Waals surface area (Å²) >= 11 is 1.51. The summed E-state index contributed by atoms with van der Waals surface area (Å²) in [6.45, 7) is 1.78. The zero-order chi connectivity index (χ0) is 15.7. The highest BCUT2D eigenvalue weighted by Crippen LogP contribution is 2.31. The number of hydrogen-bond donors (Lipinski definition) is 2. The number of imidazole rings is 1. The third-order valence-electron chi connectivity index (χ3n) is 3.07. The predicted molar refractivity (Wildman–Crippen MR) is 82.4 cm³/mol. The monoisotopic (exact) mass is 316 g/mol. The van der Waals surface area contributed by atoms with Crippen LogP contribution in [0.25, 0.3) is 16.1 Å². The van der Waals surface area contributed by atoms with Gasteiger partial charge in [-0.2, -0.15) is 0 Å². The molecule has 1 amide bonds. The topological polar surface area (TPSA) is 103 Å². The molecular formula is C14H12N4O3S. The lowest BCUT2D eigenvalue weighted by atomic mass is 10.1. The van der Waals surface area contributed by atoms with Gasteiger partial charge in [-0.3, -0.25) is 4.79 Å². The van der Waals surface area contributed by atoms with Crippen molar-refractivity contribution in [1.29, 1.82) is 0 Å². The number of hydrogen-bond acceptors (Lipinski definition) is 5. The Bertz CT molecular complexity index is 880. The molecule has 0 fully saturated rings. The SMILES string of the molecule is Cc1[nH]c(=O)c(OC(N)=O)cc1-c1cc(-n2ccnc2)cs1. The molecule has 3 aromatic heterocycles. The maximum atomic E-state index is 11.8. The van der Waals surface area contributed by atoms with Crippen LogP contribution in [0.4, 0.5) is 4.79 Å². The zero-order valence-corrected chi connectivity index (χ0v) is 12.4. The number of nitrogens with one attached hydrogen (secondary N) is 1. The first-order valence-electron chi connectivity index (χ1n) is 6.33. The van der Waals surface area contributed by atoms with E-state index < -0.39 is 11.7 Å². The van der Waals surface area contributed by atoms with Gasteiger partial charge in [-0.05, 0) is 19.1 Å². The molecular weight excluding hydrogens is 304 g/mol. The van der Waals surface area contributed by atoms with Gasteiger partial charge in [-0.25, -0.2) is 9.78 Å². The van der Waals surface area contributed by atoms with Crippen LogP contribution < -0.4 is 16.0 Å². The Morgan fingerprint density at radius 2 is 2.27 bits per heavy atom. The predicted octanol–water partition coefficient (Wildman–Crippen LogP) is 2.06. The number of aryl methyl sites for hydroxylation is 1. The molecule has 0 aliphatic rings. The molecule has 22 heavy (non-hydrogen) atoms. The van der Waals surface area contributed by atoms with E-state index in [0.29, 0.717) is 5.69 Å². The minimum absolute atomic E-state index is 0.120. The van der Waals surface area contributed by atoms with Gasteiger partial charge < -0.3 is 20.0 Å². The number of aromatic amines is 1. The van der Waals surface area contributed by atoms with Crippen LogP contribution in [0.5, 0.6) is 5.75 Å². The fraction of sp³-hybridized carbons (Fsp3) is 0.0714. The van der Waals surface area contributed by atoms with Crippen molar-refractivity contribution in [1.82, 2.24) is 14.5 Å². The number of aromatic nitrogens is 3. The number of pyridine rings is 1. The van der Waals surface area contributed by atoms with Crippen molar-refractivity contribution in [2.75, 3.05) is 0 Å². The van der Waals surface area contributed by atoms with E-state index in [1.165, 1.54) is 17.4 Å². The molecule has 0 aromatic carbocycles. The largest absolute Gasteiger partial charge is 0.410 e. The normalized spacial score (nSPS) is 10.6. The number of nitrogens with two attached hydrogens (primary N) is 1. The number of rotatable bonds is 3. The summed E-state index contributed by atoms with van der Waals surface area (Å²) in [6.07, 6.45) is 4.22. The third kappa shape index (κ3) is 2.63. The summed E-state index contributed by atoms with van der Waals surface area (Å²) in [5, 5.41) is 1.97. The van der Waals surface area contributed by atoms with Gasteiger partial charge >= 0.3 is 6.09 Å². The van der Waals surface area contributed by atoms with Gasteiger partial charge in [0.05, 0.1) is 12.0 Å². The fourth-order valence-corrected chi connectivity index (χ4v) is 3.02. The Hall–Kier alpha value is -2.87. The van der Waals surface area contributed by atoms with E-state index in [1.54, 1.807) is 19.4 Å². The minimum Gasteiger partial charge on any atom is -0.405 e. The molecule has 0 saturated heterocycles. The van der Waals surface area contributed by atoms with Crippen molar-refractivity contribution in [3.63, 3.8) is 0 Å². The minimum atomic E-state index is -1.02. The zero-order valence-electron chi connectivity index (χ0n) is 11.6. The van der Waals surface area contributed by atoms with Gasteiger partial charge in [0.15, 0.2) is 5.75 Å². The molecule has 0 unspecified atom stereocenters. The van der Waals surface area contributed by atoms with Gasteiger partial charge in [0.25, 0.3) is 5.56 Å². The highest BCUT2D eigenvalue weighted by molar-refractivity contribution is 7.13. The standard InChI is InChI=1S/C14H12N4O3S/c1-8-10(5-11(13(19)17-8)21-14(15)20)12-4-9(6-22-12)18-3-2-16-7-18/h2-7H,1H3,(H2,15,20)(H,17,19). The maximum Gasteiger partial charge on any atom is 0.410 e. The van der Waals surface area contributed by atoms with E-state index in [-0.39, 0.29) is 5.75 Å². The Labute approximate surface area is 129 Å². The molecule has 0 atom stereocenters. The second-order valence-corrected chi connectivity index (χ2v) is 5.47. The van der Waals surface area contributed by atoms with E-state index in [0.717, 1.165) is 16.1 Å². The van der Waals surface area contributed by atoms with Gasteiger partial charge in [0.2, 0.25) is 0 Å². The first-order valence-corrected chi connectivity index (χ1v) is 7.21. The highest BCUT2D eigenvalue weighted by atomic mass is 32.1. The Morgan fingerprint density at radius 1 is 1.45 bits per heavy atom. The molecule has 0 aliphatic heterocycles. The van der Waals surface area contributed by atoms with E-state index in [9.17, 15) is 9.59 Å². The van der Waals surface area contributed by atoms with E-state index in [2.05, 4.69) is 9.97 Å². The van der Waals surface area contributed by atoms with Crippen LogP contribution in [0.3, 0.4) is 0 Å². The number of nitrogens with zero attached hydrogens (tertiary/aromatic N) is 2. The van der Waals surface area contributed by atoms with Crippen LogP contribution in [0.2, 0.25) is 0 Å². The lowest BCUT2D eigenvalue weighted by molar-refractivity contribution is 0.210. The molecule has 3 heterocycles. The molecule has 8 heteroatoms. The number of carbonyl (C=O) groups is 1. The van der Waals surface area contributed by atoms with Gasteiger partial charge in [-0.15, -0.1) is 11.3 Å². The second-order valence-electron chi connectivity index (χ2n) is 4.56. The lowest BCUT2D eigenvalue weighted by Gasteiger charge is -2.06. The molecule has 112 valence electrons. The van der Waals surface area contributed by atoms with Crippen molar-refractivity contribution < 1.29 is 9.53 Å². The maximum absolute atomic E-state index is 11.8. The van der Waals surface area contributed by atoms with E-state index in [1.807, 2.05) is 22.2 Å². The highest BCUT2D eigenvalue weighted by Gasteiger charge is 2.13. The van der Waals surface area contributed by atoms with Crippen LogP contribution >= 0.6 is 11.3 Å². The molecule has 3 aromatic rings. The number of carbonyl (C=O) groups excluding carboxylic acids is 1. The van der Waals surface area contributed by atoms with Gasteiger partial charge in [0.1, 0.15) is 0 Å². The van der Waals surface area contributed by atoms with E-state index in [4.69, 9.17) is 10.5 Å². The number of thiophene rings is 1. The molecule has 3 N–H and O–H groups in total. The van der Waals surface area contributed by atoms with Crippen LogP contribution in [0.15, 0.2) is 41.0 Å².